The Bertz CT molecular complexity index is 1470. The van der Waals surface area contributed by atoms with E-state index >= 15 is 0 Å². The van der Waals surface area contributed by atoms with E-state index in [-0.39, 0.29) is 0 Å². The Morgan fingerprint density at radius 2 is 1.16 bits per heavy atom. The van der Waals surface area contributed by atoms with Crippen molar-refractivity contribution in [3.8, 4) is 28.4 Å². The van der Waals surface area contributed by atoms with Crippen molar-refractivity contribution in [2.45, 2.75) is 13.3 Å². The Morgan fingerprint density at radius 1 is 0.562 bits per heavy atom. The van der Waals surface area contributed by atoms with Crippen LogP contribution in [0.5, 0.6) is 17.2 Å². The zero-order valence-corrected chi connectivity index (χ0v) is 18.9. The third-order valence-corrected chi connectivity index (χ3v) is 6.30. The maximum absolute atomic E-state index is 6.03. The Morgan fingerprint density at radius 3 is 1.78 bits per heavy atom. The van der Waals surface area contributed by atoms with E-state index in [0.717, 1.165) is 67.1 Å². The second-order valence-electron chi connectivity index (χ2n) is 7.89. The van der Waals surface area contributed by atoms with Gasteiger partial charge in [-0.15, -0.1) is 0 Å². The molecule has 0 radical (unpaired) electrons. The van der Waals surface area contributed by atoms with Gasteiger partial charge in [0.25, 0.3) is 0 Å². The monoisotopic (exact) mass is 422 g/mol. The van der Waals surface area contributed by atoms with Crippen LogP contribution in [0.25, 0.3) is 43.4 Å². The predicted octanol–water partition coefficient (Wildman–Crippen LogP) is 7.40. The molecule has 5 aromatic carbocycles. The summed E-state index contributed by atoms with van der Waals surface area (Å²) < 4.78 is 17.8. The van der Waals surface area contributed by atoms with E-state index in [1.54, 1.807) is 21.3 Å². The van der Waals surface area contributed by atoms with E-state index in [0.29, 0.717) is 0 Å². The van der Waals surface area contributed by atoms with Crippen molar-refractivity contribution < 1.29 is 14.2 Å². The Hall–Kier alpha value is -3.72. The highest BCUT2D eigenvalue weighted by atomic mass is 16.5. The van der Waals surface area contributed by atoms with Crippen LogP contribution in [0.1, 0.15) is 12.5 Å². The van der Waals surface area contributed by atoms with E-state index < -0.39 is 0 Å². The van der Waals surface area contributed by atoms with Gasteiger partial charge in [0.15, 0.2) is 0 Å². The predicted molar refractivity (Wildman–Crippen MR) is 133 cm³/mol. The molecular formula is C29H26O3. The quantitative estimate of drug-likeness (QED) is 0.276. The lowest BCUT2D eigenvalue weighted by atomic mass is 9.88. The molecule has 0 heterocycles. The third kappa shape index (κ3) is 2.96. The topological polar surface area (TPSA) is 27.7 Å². The first kappa shape index (κ1) is 20.2. The van der Waals surface area contributed by atoms with Crippen molar-refractivity contribution in [1.82, 2.24) is 0 Å². The summed E-state index contributed by atoms with van der Waals surface area (Å²) in [6, 6.07) is 25.4. The lowest BCUT2D eigenvalue weighted by Crippen LogP contribution is -1.97. The van der Waals surface area contributed by atoms with Gasteiger partial charge in [0.2, 0.25) is 0 Å². The summed E-state index contributed by atoms with van der Waals surface area (Å²) in [5.41, 5.74) is 3.41. The fourth-order valence-electron chi connectivity index (χ4n) is 4.81. The number of benzene rings is 5. The molecule has 3 nitrogen and oxygen atoms in total. The van der Waals surface area contributed by atoms with Crippen LogP contribution in [-0.2, 0) is 6.42 Å². The average molecular weight is 423 g/mol. The molecule has 32 heavy (non-hydrogen) atoms. The molecule has 0 aliphatic carbocycles. The van der Waals surface area contributed by atoms with E-state index in [9.17, 15) is 0 Å². The zero-order valence-electron chi connectivity index (χ0n) is 18.9. The van der Waals surface area contributed by atoms with Crippen molar-refractivity contribution in [1.29, 1.82) is 0 Å². The highest BCUT2D eigenvalue weighted by molar-refractivity contribution is 6.19. The standard InChI is InChI=1S/C29H26O3/c1-5-18-14-15-21-24(16-18)28(31-3)23-13-9-7-11-20(23)27(21)25-17-26(30-2)19-10-6-8-12-22(19)29(25)32-4/h6-17H,5H2,1-4H3. The van der Waals surface area contributed by atoms with Gasteiger partial charge in [-0.1, -0.05) is 67.6 Å². The van der Waals surface area contributed by atoms with Crippen molar-refractivity contribution in [3.05, 3.63) is 78.4 Å². The second-order valence-corrected chi connectivity index (χ2v) is 7.89. The minimum atomic E-state index is 0.828. The van der Waals surface area contributed by atoms with Gasteiger partial charge in [-0.2, -0.15) is 0 Å². The van der Waals surface area contributed by atoms with Crippen molar-refractivity contribution in [2.75, 3.05) is 21.3 Å². The van der Waals surface area contributed by atoms with Gasteiger partial charge in [0.1, 0.15) is 17.2 Å². The number of hydrogen-bond donors (Lipinski definition) is 0. The highest BCUT2D eigenvalue weighted by Crippen LogP contribution is 2.49. The molecule has 0 saturated heterocycles. The van der Waals surface area contributed by atoms with Crippen molar-refractivity contribution >= 4 is 32.3 Å². The van der Waals surface area contributed by atoms with Crippen LogP contribution in [0.4, 0.5) is 0 Å². The lowest BCUT2D eigenvalue weighted by Gasteiger charge is -2.20. The van der Waals surface area contributed by atoms with Crippen LogP contribution in [-0.4, -0.2) is 21.3 Å². The Balaban J connectivity index is 2.02. The molecule has 0 aliphatic heterocycles. The molecule has 0 aliphatic rings. The SMILES string of the molecule is CCc1ccc2c(-c3cc(OC)c4ccccc4c3OC)c3ccccc3c(OC)c2c1. The van der Waals surface area contributed by atoms with Crippen LogP contribution >= 0.6 is 0 Å². The molecule has 0 saturated carbocycles. The number of ether oxygens (including phenoxy) is 3. The minimum absolute atomic E-state index is 0.828. The second kappa shape index (κ2) is 8.08. The van der Waals surface area contributed by atoms with Crippen molar-refractivity contribution in [2.24, 2.45) is 0 Å². The summed E-state index contributed by atoms with van der Waals surface area (Å²) in [5, 5.41) is 6.51. The molecule has 0 aromatic heterocycles. The molecule has 5 rings (SSSR count). The van der Waals surface area contributed by atoms with E-state index in [4.69, 9.17) is 14.2 Å². The van der Waals surface area contributed by atoms with E-state index in [1.165, 1.54) is 5.56 Å². The molecule has 0 atom stereocenters. The molecule has 0 amide bonds. The summed E-state index contributed by atoms with van der Waals surface area (Å²) in [6.45, 7) is 2.17. The maximum Gasteiger partial charge on any atom is 0.134 e. The largest absolute Gasteiger partial charge is 0.496 e. The van der Waals surface area contributed by atoms with Crippen LogP contribution in [0.2, 0.25) is 0 Å². The summed E-state index contributed by atoms with van der Waals surface area (Å²) in [4.78, 5) is 0. The van der Waals surface area contributed by atoms with Crippen LogP contribution in [0.15, 0.2) is 72.8 Å². The normalized spacial score (nSPS) is 11.2. The van der Waals surface area contributed by atoms with Crippen LogP contribution in [0, 0.1) is 0 Å². The number of aryl methyl sites for hydroxylation is 1. The summed E-state index contributed by atoms with van der Waals surface area (Å²) in [7, 11) is 5.20. The molecule has 5 aromatic rings. The van der Waals surface area contributed by atoms with Gasteiger partial charge < -0.3 is 14.2 Å². The van der Waals surface area contributed by atoms with Gasteiger partial charge in [-0.25, -0.2) is 0 Å². The molecule has 0 fully saturated rings. The summed E-state index contributed by atoms with van der Waals surface area (Å²) >= 11 is 0. The van der Waals surface area contributed by atoms with E-state index in [1.807, 2.05) is 12.1 Å². The molecular weight excluding hydrogens is 396 g/mol. The maximum atomic E-state index is 6.03. The van der Waals surface area contributed by atoms with Gasteiger partial charge in [-0.05, 0) is 34.9 Å². The fraction of sp³-hybridized carbons (Fsp3) is 0.172. The van der Waals surface area contributed by atoms with Crippen molar-refractivity contribution in [3.63, 3.8) is 0 Å². The number of rotatable bonds is 5. The summed E-state index contributed by atoms with van der Waals surface area (Å²) in [5.74, 6) is 2.58. The number of fused-ring (bicyclic) bond motifs is 3. The first-order valence-electron chi connectivity index (χ1n) is 10.9. The smallest absolute Gasteiger partial charge is 0.134 e. The van der Waals surface area contributed by atoms with Gasteiger partial charge in [0, 0.05) is 32.7 Å². The zero-order chi connectivity index (χ0) is 22.2. The molecule has 0 unspecified atom stereocenters. The highest BCUT2D eigenvalue weighted by Gasteiger charge is 2.21. The van der Waals surface area contributed by atoms with Crippen LogP contribution < -0.4 is 14.2 Å². The Kier molecular flexibility index (Phi) is 5.10. The first-order chi connectivity index (χ1) is 15.7. The number of hydrogen-bond acceptors (Lipinski definition) is 3. The number of methoxy groups -OCH3 is 3. The third-order valence-electron chi connectivity index (χ3n) is 6.30. The van der Waals surface area contributed by atoms with Gasteiger partial charge >= 0.3 is 0 Å². The minimum Gasteiger partial charge on any atom is -0.496 e. The van der Waals surface area contributed by atoms with Gasteiger partial charge in [0.05, 0.1) is 21.3 Å². The lowest BCUT2D eigenvalue weighted by molar-refractivity contribution is 0.412. The molecule has 3 heteroatoms. The first-order valence-corrected chi connectivity index (χ1v) is 10.9. The fourth-order valence-corrected chi connectivity index (χ4v) is 4.81. The molecule has 0 N–H and O–H groups in total. The molecule has 0 bridgehead atoms. The van der Waals surface area contributed by atoms with E-state index in [2.05, 4.69) is 67.6 Å². The molecule has 160 valence electrons. The average Bonchev–Trinajstić information content (AvgIpc) is 2.85. The van der Waals surface area contributed by atoms with Gasteiger partial charge in [-0.3, -0.25) is 0 Å². The summed E-state index contributed by atoms with van der Waals surface area (Å²) in [6.07, 6.45) is 0.967. The Labute approximate surface area is 188 Å². The van der Waals surface area contributed by atoms with Crippen LogP contribution in [0.3, 0.4) is 0 Å². The molecule has 0 spiro atoms.